The van der Waals surface area contributed by atoms with Gasteiger partial charge in [-0.2, -0.15) is 10.4 Å². The summed E-state index contributed by atoms with van der Waals surface area (Å²) in [5, 5.41) is 16.3. The molecule has 6 nitrogen and oxygen atoms in total. The van der Waals surface area contributed by atoms with Crippen LogP contribution in [-0.2, 0) is 4.79 Å². The van der Waals surface area contributed by atoms with Crippen LogP contribution >= 0.6 is 0 Å². The van der Waals surface area contributed by atoms with Crippen LogP contribution in [0, 0.1) is 11.3 Å². The van der Waals surface area contributed by atoms with Gasteiger partial charge in [-0.1, -0.05) is 0 Å². The molecule has 3 rings (SSSR count). The van der Waals surface area contributed by atoms with E-state index >= 15 is 0 Å². The summed E-state index contributed by atoms with van der Waals surface area (Å²) < 4.78 is 26.7. The molecule has 8 heteroatoms. The Labute approximate surface area is 136 Å². The van der Waals surface area contributed by atoms with Crippen LogP contribution in [0.4, 0.5) is 8.78 Å². The van der Waals surface area contributed by atoms with Crippen LogP contribution in [0.3, 0.4) is 0 Å². The second-order valence-electron chi connectivity index (χ2n) is 5.82. The average Bonchev–Trinajstić information content (AvgIpc) is 3.14. The van der Waals surface area contributed by atoms with Crippen LogP contribution in [0.2, 0.25) is 0 Å². The molecule has 0 aliphatic carbocycles. The first-order valence-corrected chi connectivity index (χ1v) is 7.43. The molecule has 0 spiro atoms. The Morgan fingerprint density at radius 2 is 2.21 bits per heavy atom. The summed E-state index contributed by atoms with van der Waals surface area (Å²) >= 11 is 0. The number of rotatable bonds is 4. The number of alkyl halides is 2. The molecule has 1 saturated heterocycles. The molecule has 24 heavy (non-hydrogen) atoms. The van der Waals surface area contributed by atoms with Gasteiger partial charge in [0.2, 0.25) is 5.91 Å². The number of aromatic nitrogens is 2. The molecule has 1 aliphatic heterocycles. The predicted molar refractivity (Wildman–Crippen MR) is 80.3 cm³/mol. The topological polar surface area (TPSA) is 89.9 Å². The van der Waals surface area contributed by atoms with E-state index in [1.807, 2.05) is 0 Å². The number of nitrogens with one attached hydrogen (secondary N) is 1. The van der Waals surface area contributed by atoms with Crippen LogP contribution in [0.5, 0.6) is 0 Å². The van der Waals surface area contributed by atoms with E-state index in [-0.39, 0.29) is 18.6 Å². The number of nitriles is 1. The van der Waals surface area contributed by atoms with Crippen molar-refractivity contribution in [1.29, 1.82) is 5.26 Å². The number of halogens is 2. The highest BCUT2D eigenvalue weighted by Crippen LogP contribution is 2.32. The Bertz CT molecular complexity index is 840. The number of ketones is 1. The van der Waals surface area contributed by atoms with E-state index in [0.29, 0.717) is 5.56 Å². The molecule has 0 radical (unpaired) electrons. The van der Waals surface area contributed by atoms with Gasteiger partial charge in [0.05, 0.1) is 24.3 Å². The molecule has 0 bridgehead atoms. The lowest BCUT2D eigenvalue weighted by Gasteiger charge is -2.18. The lowest BCUT2D eigenvalue weighted by Crippen LogP contribution is -2.36. The number of hydrogen-bond donors (Lipinski definition) is 1. The molecule has 1 atom stereocenters. The summed E-state index contributed by atoms with van der Waals surface area (Å²) in [5.41, 5.74) is 1.22. The van der Waals surface area contributed by atoms with E-state index in [1.54, 1.807) is 30.5 Å². The van der Waals surface area contributed by atoms with Gasteiger partial charge in [-0.3, -0.25) is 14.7 Å². The molecule has 124 valence electrons. The van der Waals surface area contributed by atoms with Gasteiger partial charge in [0, 0.05) is 30.2 Å². The van der Waals surface area contributed by atoms with Crippen LogP contribution in [0.1, 0.15) is 29.6 Å². The van der Waals surface area contributed by atoms with Gasteiger partial charge in [0.15, 0.2) is 5.78 Å². The van der Waals surface area contributed by atoms with Crippen LogP contribution < -0.4 is 0 Å². The zero-order valence-electron chi connectivity index (χ0n) is 12.6. The number of benzene rings is 1. The van der Waals surface area contributed by atoms with Crippen molar-refractivity contribution in [3.8, 4) is 6.07 Å². The number of carbonyl (C=O) groups is 2. The number of carbonyl (C=O) groups excluding carboxylic acids is 2. The molecule has 1 aliphatic rings. The van der Waals surface area contributed by atoms with E-state index < -0.39 is 30.8 Å². The first-order valence-electron chi connectivity index (χ1n) is 7.43. The van der Waals surface area contributed by atoms with Crippen LogP contribution in [-0.4, -0.2) is 45.3 Å². The third-order valence-corrected chi connectivity index (χ3v) is 4.07. The first-order chi connectivity index (χ1) is 11.4. The highest BCUT2D eigenvalue weighted by Gasteiger charge is 2.47. The van der Waals surface area contributed by atoms with Gasteiger partial charge < -0.3 is 4.90 Å². The van der Waals surface area contributed by atoms with Crippen molar-refractivity contribution in [2.75, 3.05) is 6.54 Å². The molecule has 0 saturated carbocycles. The summed E-state index contributed by atoms with van der Waals surface area (Å²) in [6.45, 7) is -0.765. The molecule has 0 unspecified atom stereocenters. The summed E-state index contributed by atoms with van der Waals surface area (Å²) in [4.78, 5) is 25.1. The highest BCUT2D eigenvalue weighted by atomic mass is 19.3. The lowest BCUT2D eigenvalue weighted by molar-refractivity contribution is -0.132. The standard InChI is InChI=1S/C16H14F2N4O2/c17-16(18)6-12(7-19)22(9-16)15(24)4-3-14(23)10-1-2-13-11(5-10)8-20-21-13/h1-2,5,8,12H,3-4,6,9H2,(H,20,21)/t12-/m0/s1. The van der Waals surface area contributed by atoms with Crippen molar-refractivity contribution in [2.24, 2.45) is 0 Å². The number of nitrogens with zero attached hydrogens (tertiary/aromatic N) is 3. The SMILES string of the molecule is N#C[C@@H]1CC(F)(F)CN1C(=O)CCC(=O)c1ccc2[nH]ncc2c1. The Morgan fingerprint density at radius 1 is 1.42 bits per heavy atom. The van der Waals surface area contributed by atoms with E-state index in [4.69, 9.17) is 5.26 Å². The number of hydrogen-bond acceptors (Lipinski definition) is 4. The largest absolute Gasteiger partial charge is 0.320 e. The fourth-order valence-electron chi connectivity index (χ4n) is 2.82. The minimum absolute atomic E-state index is 0.0948. The third-order valence-electron chi connectivity index (χ3n) is 4.07. The number of amides is 1. The summed E-state index contributed by atoms with van der Waals surface area (Å²) in [7, 11) is 0. The maximum absolute atomic E-state index is 13.4. The number of H-pyrrole nitrogens is 1. The number of aromatic amines is 1. The Balaban J connectivity index is 1.63. The molecule has 1 aromatic heterocycles. The van der Waals surface area contributed by atoms with Gasteiger partial charge >= 0.3 is 0 Å². The summed E-state index contributed by atoms with van der Waals surface area (Å²) in [5.74, 6) is -3.91. The second kappa shape index (κ2) is 6.00. The van der Waals surface area contributed by atoms with Crippen molar-refractivity contribution in [3.63, 3.8) is 0 Å². The Morgan fingerprint density at radius 3 is 2.96 bits per heavy atom. The summed E-state index contributed by atoms with van der Waals surface area (Å²) in [6.07, 6.45) is 0.639. The van der Waals surface area contributed by atoms with Gasteiger partial charge in [-0.15, -0.1) is 0 Å². The first kappa shape index (κ1) is 16.1. The number of fused-ring (bicyclic) bond motifs is 1. The fraction of sp³-hybridized carbons (Fsp3) is 0.375. The van der Waals surface area contributed by atoms with Crippen molar-refractivity contribution in [2.45, 2.75) is 31.2 Å². The van der Waals surface area contributed by atoms with Crippen LogP contribution in [0.25, 0.3) is 10.9 Å². The quantitative estimate of drug-likeness (QED) is 0.870. The molecule has 2 aromatic rings. The highest BCUT2D eigenvalue weighted by molar-refractivity contribution is 6.00. The molecule has 2 heterocycles. The van der Waals surface area contributed by atoms with Crippen molar-refractivity contribution >= 4 is 22.6 Å². The minimum atomic E-state index is -3.05. The van der Waals surface area contributed by atoms with Crippen molar-refractivity contribution < 1.29 is 18.4 Å². The molecule has 1 amide bonds. The molecular weight excluding hydrogens is 318 g/mol. The Hall–Kier alpha value is -2.82. The zero-order chi connectivity index (χ0) is 17.3. The van der Waals surface area contributed by atoms with Crippen LogP contribution in [0.15, 0.2) is 24.4 Å². The lowest BCUT2D eigenvalue weighted by atomic mass is 10.0. The van der Waals surface area contributed by atoms with Gasteiger partial charge in [0.1, 0.15) is 6.04 Å². The molecule has 1 N–H and O–H groups in total. The second-order valence-corrected chi connectivity index (χ2v) is 5.82. The maximum atomic E-state index is 13.4. The Kier molecular flexibility index (Phi) is 4.01. The smallest absolute Gasteiger partial charge is 0.268 e. The van der Waals surface area contributed by atoms with E-state index in [2.05, 4.69) is 10.2 Å². The minimum Gasteiger partial charge on any atom is -0.320 e. The molecule has 1 fully saturated rings. The number of Topliss-reactive ketones (excluding diaryl/α,β-unsaturated/α-hetero) is 1. The van der Waals surface area contributed by atoms with Crippen molar-refractivity contribution in [3.05, 3.63) is 30.0 Å². The maximum Gasteiger partial charge on any atom is 0.268 e. The number of likely N-dealkylation sites (tertiary alicyclic amines) is 1. The summed E-state index contributed by atoms with van der Waals surface area (Å²) in [6, 6.07) is 5.58. The van der Waals surface area contributed by atoms with Gasteiger partial charge in [-0.25, -0.2) is 8.78 Å². The predicted octanol–water partition coefficient (Wildman–Crippen LogP) is 2.29. The van der Waals surface area contributed by atoms with Gasteiger partial charge in [0.25, 0.3) is 5.92 Å². The third kappa shape index (κ3) is 3.11. The zero-order valence-corrected chi connectivity index (χ0v) is 12.6. The average molecular weight is 332 g/mol. The van der Waals surface area contributed by atoms with Crippen molar-refractivity contribution in [1.82, 2.24) is 15.1 Å². The molecular formula is C16H14F2N4O2. The van der Waals surface area contributed by atoms with E-state index in [0.717, 1.165) is 15.8 Å². The molecule has 1 aromatic carbocycles. The fourth-order valence-corrected chi connectivity index (χ4v) is 2.82. The van der Waals surface area contributed by atoms with Gasteiger partial charge in [-0.05, 0) is 18.2 Å². The van der Waals surface area contributed by atoms with E-state index in [9.17, 15) is 18.4 Å². The van der Waals surface area contributed by atoms with E-state index in [1.165, 1.54) is 0 Å². The normalized spacial score (nSPS) is 19.4. The monoisotopic (exact) mass is 332 g/mol.